The normalized spacial score (nSPS) is 10.8. The summed E-state index contributed by atoms with van der Waals surface area (Å²) in [5.74, 6) is 0. The Kier molecular flexibility index (Phi) is 1.73. The predicted molar refractivity (Wildman–Crippen MR) is 53.2 cm³/mol. The summed E-state index contributed by atoms with van der Waals surface area (Å²) in [5, 5.41) is 8.01. The van der Waals surface area contributed by atoms with Gasteiger partial charge in [0, 0.05) is 15.5 Å². The second-order valence-corrected chi connectivity index (χ2v) is 3.66. The number of aromatic amines is 1. The molecule has 0 radical (unpaired) electrons. The van der Waals surface area contributed by atoms with E-state index in [4.69, 9.17) is 17.3 Å². The SMILES string of the molecule is Nc1cc2c(Cl)[nH]nc2cc1Br. The number of nitrogens with zero attached hydrogens (tertiary/aromatic N) is 1. The summed E-state index contributed by atoms with van der Waals surface area (Å²) in [7, 11) is 0. The minimum absolute atomic E-state index is 0.518. The van der Waals surface area contributed by atoms with E-state index < -0.39 is 0 Å². The lowest BCUT2D eigenvalue weighted by Crippen LogP contribution is -1.85. The molecule has 3 nitrogen and oxygen atoms in total. The molecule has 2 aromatic rings. The van der Waals surface area contributed by atoms with E-state index in [-0.39, 0.29) is 0 Å². The highest BCUT2D eigenvalue weighted by Crippen LogP contribution is 2.28. The number of hydrogen-bond acceptors (Lipinski definition) is 2. The summed E-state index contributed by atoms with van der Waals surface area (Å²) in [6.07, 6.45) is 0. The summed E-state index contributed by atoms with van der Waals surface area (Å²) in [6, 6.07) is 3.61. The van der Waals surface area contributed by atoms with Crippen LogP contribution in [0.4, 0.5) is 5.69 Å². The van der Waals surface area contributed by atoms with Crippen LogP contribution in [0.3, 0.4) is 0 Å². The van der Waals surface area contributed by atoms with Gasteiger partial charge in [-0.3, -0.25) is 5.10 Å². The minimum atomic E-state index is 0.518. The van der Waals surface area contributed by atoms with Crippen molar-refractivity contribution in [1.82, 2.24) is 10.2 Å². The fourth-order valence-corrected chi connectivity index (χ4v) is 1.54. The summed E-state index contributed by atoms with van der Waals surface area (Å²) < 4.78 is 0.832. The lowest BCUT2D eigenvalue weighted by atomic mass is 10.2. The summed E-state index contributed by atoms with van der Waals surface area (Å²) in [4.78, 5) is 0. The number of hydrogen-bond donors (Lipinski definition) is 2. The van der Waals surface area contributed by atoms with Crippen molar-refractivity contribution in [3.8, 4) is 0 Å². The molecule has 5 heteroatoms. The first-order valence-corrected chi connectivity index (χ1v) is 4.44. The topological polar surface area (TPSA) is 54.7 Å². The molecule has 1 heterocycles. The van der Waals surface area contributed by atoms with Crippen LogP contribution in [0.2, 0.25) is 5.15 Å². The van der Waals surface area contributed by atoms with Gasteiger partial charge in [-0.2, -0.15) is 5.10 Å². The maximum absolute atomic E-state index is 5.81. The van der Waals surface area contributed by atoms with Gasteiger partial charge in [-0.25, -0.2) is 0 Å². The first kappa shape index (κ1) is 7.89. The lowest BCUT2D eigenvalue weighted by Gasteiger charge is -1.96. The Morgan fingerprint density at radius 1 is 1.50 bits per heavy atom. The number of benzene rings is 1. The van der Waals surface area contributed by atoms with Crippen LogP contribution < -0.4 is 5.73 Å². The van der Waals surface area contributed by atoms with Gasteiger partial charge in [0.2, 0.25) is 0 Å². The number of halogens is 2. The Bertz CT molecular complexity index is 437. The Labute approximate surface area is 82.0 Å². The molecule has 0 saturated carbocycles. The van der Waals surface area contributed by atoms with Crippen molar-refractivity contribution < 1.29 is 0 Å². The average Bonchev–Trinajstić information content (AvgIpc) is 2.35. The van der Waals surface area contributed by atoms with Crippen molar-refractivity contribution in [2.75, 3.05) is 5.73 Å². The number of nitrogens with two attached hydrogens (primary N) is 1. The van der Waals surface area contributed by atoms with E-state index in [0.717, 1.165) is 15.4 Å². The highest BCUT2D eigenvalue weighted by molar-refractivity contribution is 9.10. The molecule has 0 fully saturated rings. The highest BCUT2D eigenvalue weighted by Gasteiger charge is 2.05. The van der Waals surface area contributed by atoms with Crippen LogP contribution >= 0.6 is 27.5 Å². The zero-order valence-corrected chi connectivity index (χ0v) is 8.28. The highest BCUT2D eigenvalue weighted by atomic mass is 79.9. The van der Waals surface area contributed by atoms with Gasteiger partial charge in [0.1, 0.15) is 5.15 Å². The smallest absolute Gasteiger partial charge is 0.132 e. The van der Waals surface area contributed by atoms with E-state index in [1.54, 1.807) is 6.07 Å². The van der Waals surface area contributed by atoms with Gasteiger partial charge in [0.05, 0.1) is 5.52 Å². The van der Waals surface area contributed by atoms with Crippen molar-refractivity contribution >= 4 is 44.1 Å². The molecule has 0 saturated heterocycles. The second kappa shape index (κ2) is 2.64. The first-order chi connectivity index (χ1) is 5.68. The van der Waals surface area contributed by atoms with Gasteiger partial charge in [-0.1, -0.05) is 11.6 Å². The molecule has 0 aliphatic rings. The number of nitrogen functional groups attached to an aromatic ring is 1. The number of fused-ring (bicyclic) bond motifs is 1. The van der Waals surface area contributed by atoms with Crippen LogP contribution in [0.15, 0.2) is 16.6 Å². The standard InChI is InChI=1S/C7H5BrClN3/c8-4-2-6-3(1-5(4)10)7(9)12-11-6/h1-2H,10H2,(H,11,12). The Morgan fingerprint density at radius 2 is 2.25 bits per heavy atom. The molecule has 1 aromatic heterocycles. The minimum Gasteiger partial charge on any atom is -0.398 e. The quantitative estimate of drug-likeness (QED) is 0.702. The fraction of sp³-hybridized carbons (Fsp3) is 0. The van der Waals surface area contributed by atoms with E-state index in [2.05, 4.69) is 26.1 Å². The van der Waals surface area contributed by atoms with Crippen molar-refractivity contribution in [3.63, 3.8) is 0 Å². The second-order valence-electron chi connectivity index (χ2n) is 2.43. The van der Waals surface area contributed by atoms with E-state index in [9.17, 15) is 0 Å². The van der Waals surface area contributed by atoms with E-state index in [0.29, 0.717) is 10.8 Å². The molecule has 3 N–H and O–H groups in total. The van der Waals surface area contributed by atoms with Crippen molar-refractivity contribution in [3.05, 3.63) is 21.8 Å². The third-order valence-corrected chi connectivity index (χ3v) is 2.60. The van der Waals surface area contributed by atoms with Gasteiger partial charge in [0.15, 0.2) is 0 Å². The zero-order valence-electron chi connectivity index (χ0n) is 5.94. The van der Waals surface area contributed by atoms with Crippen molar-refractivity contribution in [2.45, 2.75) is 0 Å². The molecular formula is C7H5BrClN3. The largest absolute Gasteiger partial charge is 0.398 e. The van der Waals surface area contributed by atoms with Crippen LogP contribution in [-0.4, -0.2) is 10.2 Å². The first-order valence-electron chi connectivity index (χ1n) is 3.27. The molecule has 0 aliphatic heterocycles. The molecule has 0 aliphatic carbocycles. The molecule has 1 aromatic carbocycles. The Balaban J connectivity index is 2.87. The van der Waals surface area contributed by atoms with Crippen LogP contribution in [-0.2, 0) is 0 Å². The van der Waals surface area contributed by atoms with Gasteiger partial charge >= 0.3 is 0 Å². The monoisotopic (exact) mass is 245 g/mol. The van der Waals surface area contributed by atoms with E-state index >= 15 is 0 Å². The van der Waals surface area contributed by atoms with Gasteiger partial charge in [-0.05, 0) is 28.1 Å². The molecular weight excluding hydrogens is 241 g/mol. The number of rotatable bonds is 0. The molecule has 0 amide bonds. The third-order valence-electron chi connectivity index (χ3n) is 1.63. The molecule has 0 atom stereocenters. The van der Waals surface area contributed by atoms with Crippen LogP contribution in [0.25, 0.3) is 10.9 Å². The fourth-order valence-electron chi connectivity index (χ4n) is 1.02. The van der Waals surface area contributed by atoms with Crippen LogP contribution in [0, 0.1) is 0 Å². The van der Waals surface area contributed by atoms with E-state index in [1.807, 2.05) is 6.07 Å². The summed E-state index contributed by atoms with van der Waals surface area (Å²) >= 11 is 9.11. The Hall–Kier alpha value is -0.740. The third kappa shape index (κ3) is 1.07. The Morgan fingerprint density at radius 3 is 3.00 bits per heavy atom. The van der Waals surface area contributed by atoms with E-state index in [1.165, 1.54) is 0 Å². The number of aromatic nitrogens is 2. The number of nitrogens with one attached hydrogen (secondary N) is 1. The van der Waals surface area contributed by atoms with Gasteiger partial charge < -0.3 is 5.73 Å². The van der Waals surface area contributed by atoms with Gasteiger partial charge in [0.25, 0.3) is 0 Å². The summed E-state index contributed by atoms with van der Waals surface area (Å²) in [5.41, 5.74) is 7.13. The predicted octanol–water partition coefficient (Wildman–Crippen LogP) is 2.56. The zero-order chi connectivity index (χ0) is 8.72. The molecule has 2 rings (SSSR count). The molecule has 0 spiro atoms. The number of anilines is 1. The van der Waals surface area contributed by atoms with Crippen molar-refractivity contribution in [1.29, 1.82) is 0 Å². The average molecular weight is 246 g/mol. The van der Waals surface area contributed by atoms with Crippen LogP contribution in [0.1, 0.15) is 0 Å². The van der Waals surface area contributed by atoms with Crippen LogP contribution in [0.5, 0.6) is 0 Å². The molecule has 0 unspecified atom stereocenters. The van der Waals surface area contributed by atoms with Gasteiger partial charge in [-0.15, -0.1) is 0 Å². The molecule has 0 bridgehead atoms. The number of H-pyrrole nitrogens is 1. The van der Waals surface area contributed by atoms with Crippen molar-refractivity contribution in [2.24, 2.45) is 0 Å². The summed E-state index contributed by atoms with van der Waals surface area (Å²) in [6.45, 7) is 0. The maximum atomic E-state index is 5.81. The molecule has 62 valence electrons. The lowest BCUT2D eigenvalue weighted by molar-refractivity contribution is 1.12. The maximum Gasteiger partial charge on any atom is 0.132 e. The molecule has 12 heavy (non-hydrogen) atoms.